The van der Waals surface area contributed by atoms with Gasteiger partial charge in [0.05, 0.1) is 5.51 Å². The first-order chi connectivity index (χ1) is 5.00. The Balaban J connectivity index is 0.0000001000. The Labute approximate surface area is 68.5 Å². The molecule has 0 aromatic carbocycles. The molecule has 0 aliphatic carbocycles. The van der Waals surface area contributed by atoms with Crippen LogP contribution in [0.1, 0.15) is 6.42 Å². The van der Waals surface area contributed by atoms with E-state index in [-0.39, 0.29) is 0 Å². The molecule has 0 saturated heterocycles. The summed E-state index contributed by atoms with van der Waals surface area (Å²) in [5.74, 6) is 1.19. The number of thiazole rings is 1. The zero-order chi connectivity index (χ0) is 7.07. The van der Waals surface area contributed by atoms with Gasteiger partial charge in [0.1, 0.15) is 0 Å². The summed E-state index contributed by atoms with van der Waals surface area (Å²) in [5, 5.41) is 1.93. The molecular formula is C6H8N2S2. The summed E-state index contributed by atoms with van der Waals surface area (Å²) in [5.41, 5.74) is 1.79. The van der Waals surface area contributed by atoms with Crippen LogP contribution in [0.3, 0.4) is 0 Å². The van der Waals surface area contributed by atoms with Crippen LogP contribution < -0.4 is 0 Å². The van der Waals surface area contributed by atoms with Crippen LogP contribution in [0, 0.1) is 0 Å². The highest BCUT2D eigenvalue weighted by Gasteiger charge is 1.87. The van der Waals surface area contributed by atoms with E-state index in [0.717, 1.165) is 0 Å². The van der Waals surface area contributed by atoms with E-state index < -0.39 is 0 Å². The Morgan fingerprint density at radius 1 is 1.40 bits per heavy atom. The van der Waals surface area contributed by atoms with Crippen LogP contribution in [0.2, 0.25) is 0 Å². The van der Waals surface area contributed by atoms with E-state index in [2.05, 4.69) is 9.38 Å². The second-order valence-electron chi connectivity index (χ2n) is 1.59. The Kier molecular flexibility index (Phi) is 4.21. The SMILES string of the molecule is C1=NSCC1.c1cscn1. The van der Waals surface area contributed by atoms with Crippen LogP contribution in [0.4, 0.5) is 0 Å². The molecule has 2 heterocycles. The zero-order valence-corrected chi connectivity index (χ0v) is 7.07. The molecule has 2 nitrogen and oxygen atoms in total. The van der Waals surface area contributed by atoms with Crippen molar-refractivity contribution in [3.63, 3.8) is 0 Å². The fraction of sp³-hybridized carbons (Fsp3) is 0.333. The van der Waals surface area contributed by atoms with Crippen LogP contribution in [0.15, 0.2) is 21.5 Å². The molecule has 1 aromatic heterocycles. The van der Waals surface area contributed by atoms with Crippen LogP contribution in [-0.2, 0) is 0 Å². The summed E-state index contributed by atoms with van der Waals surface area (Å²) in [6.45, 7) is 0. The molecule has 0 amide bonds. The lowest BCUT2D eigenvalue weighted by Gasteiger charge is -1.66. The zero-order valence-electron chi connectivity index (χ0n) is 5.43. The van der Waals surface area contributed by atoms with Crippen molar-refractivity contribution >= 4 is 29.5 Å². The molecule has 2 rings (SSSR count). The Morgan fingerprint density at radius 2 is 2.40 bits per heavy atom. The lowest BCUT2D eigenvalue weighted by atomic mass is 10.6. The van der Waals surface area contributed by atoms with E-state index in [1.807, 2.05) is 11.6 Å². The first kappa shape index (κ1) is 7.75. The van der Waals surface area contributed by atoms with Crippen molar-refractivity contribution in [3.05, 3.63) is 17.1 Å². The topological polar surface area (TPSA) is 25.2 Å². The Bertz CT molecular complexity index is 149. The van der Waals surface area contributed by atoms with Gasteiger partial charge < -0.3 is 0 Å². The monoisotopic (exact) mass is 172 g/mol. The maximum atomic E-state index is 3.88. The fourth-order valence-corrected chi connectivity index (χ4v) is 1.32. The highest BCUT2D eigenvalue weighted by Crippen LogP contribution is 2.07. The summed E-state index contributed by atoms with van der Waals surface area (Å²) in [6.07, 6.45) is 4.89. The smallest absolute Gasteiger partial charge is 0.0791 e. The minimum absolute atomic E-state index is 1.17. The quantitative estimate of drug-likeness (QED) is 0.561. The predicted molar refractivity (Wildman–Crippen MR) is 47.7 cm³/mol. The average Bonchev–Trinajstić information content (AvgIpc) is 2.67. The van der Waals surface area contributed by atoms with Gasteiger partial charge in [-0.3, -0.25) is 4.98 Å². The number of rotatable bonds is 0. The first-order valence-electron chi connectivity index (χ1n) is 2.96. The summed E-state index contributed by atoms with van der Waals surface area (Å²) in [7, 11) is 0. The molecule has 0 N–H and O–H groups in total. The van der Waals surface area contributed by atoms with Gasteiger partial charge in [-0.05, 0) is 18.4 Å². The van der Waals surface area contributed by atoms with Gasteiger partial charge in [0.25, 0.3) is 0 Å². The number of hydrogen-bond donors (Lipinski definition) is 0. The molecular weight excluding hydrogens is 164 g/mol. The maximum absolute atomic E-state index is 3.88. The highest BCUT2D eigenvalue weighted by molar-refractivity contribution is 7.98. The van der Waals surface area contributed by atoms with Gasteiger partial charge in [-0.25, -0.2) is 4.40 Å². The molecule has 0 radical (unpaired) electrons. The lowest BCUT2D eigenvalue weighted by Crippen LogP contribution is -1.62. The summed E-state index contributed by atoms with van der Waals surface area (Å²) < 4.78 is 3.88. The Hall–Kier alpha value is -0.350. The third kappa shape index (κ3) is 3.63. The molecule has 1 aromatic rings. The van der Waals surface area contributed by atoms with Gasteiger partial charge in [0, 0.05) is 23.5 Å². The molecule has 0 spiro atoms. The molecule has 10 heavy (non-hydrogen) atoms. The second kappa shape index (κ2) is 5.44. The standard InChI is InChI=1S/C3H3NS.C3H5NS/c1-2-5-3-4-1;1-2-4-5-3-1/h1-3H;2H,1,3H2. The normalized spacial score (nSPS) is 14.4. The molecule has 0 saturated carbocycles. The van der Waals surface area contributed by atoms with E-state index in [9.17, 15) is 0 Å². The van der Waals surface area contributed by atoms with E-state index >= 15 is 0 Å². The van der Waals surface area contributed by atoms with Gasteiger partial charge in [-0.1, -0.05) is 0 Å². The molecule has 0 fully saturated rings. The number of nitrogens with zero attached hydrogens (tertiary/aromatic N) is 2. The molecule has 4 heteroatoms. The van der Waals surface area contributed by atoms with Gasteiger partial charge in [-0.2, -0.15) is 0 Å². The van der Waals surface area contributed by atoms with Crippen LogP contribution in [0.25, 0.3) is 0 Å². The summed E-state index contributed by atoms with van der Waals surface area (Å²) in [4.78, 5) is 3.74. The van der Waals surface area contributed by atoms with Crippen molar-refractivity contribution < 1.29 is 0 Å². The van der Waals surface area contributed by atoms with Crippen molar-refractivity contribution in [3.8, 4) is 0 Å². The predicted octanol–water partition coefficient (Wildman–Crippen LogP) is 2.25. The van der Waals surface area contributed by atoms with Gasteiger partial charge in [-0.15, -0.1) is 11.3 Å². The average molecular weight is 172 g/mol. The third-order valence-electron chi connectivity index (χ3n) is 0.835. The van der Waals surface area contributed by atoms with Crippen molar-refractivity contribution in [2.45, 2.75) is 6.42 Å². The Morgan fingerprint density at radius 3 is 2.60 bits per heavy atom. The lowest BCUT2D eigenvalue weighted by molar-refractivity contribution is 1.39. The fourth-order valence-electron chi connectivity index (χ4n) is 0.439. The largest absolute Gasteiger partial charge is 0.253 e. The van der Waals surface area contributed by atoms with E-state index in [4.69, 9.17) is 0 Å². The van der Waals surface area contributed by atoms with Crippen LogP contribution >= 0.6 is 23.3 Å². The molecule has 0 unspecified atom stereocenters. The van der Waals surface area contributed by atoms with Gasteiger partial charge in [0.2, 0.25) is 0 Å². The number of aromatic nitrogens is 1. The first-order valence-corrected chi connectivity index (χ1v) is 4.84. The minimum Gasteiger partial charge on any atom is -0.253 e. The highest BCUT2D eigenvalue weighted by atomic mass is 32.2. The molecule has 1 aliphatic heterocycles. The summed E-state index contributed by atoms with van der Waals surface area (Å²) >= 11 is 3.25. The minimum atomic E-state index is 1.17. The van der Waals surface area contributed by atoms with Gasteiger partial charge in [0.15, 0.2) is 0 Å². The van der Waals surface area contributed by atoms with E-state index in [1.54, 1.807) is 35.0 Å². The van der Waals surface area contributed by atoms with Crippen molar-refractivity contribution in [2.75, 3.05) is 5.75 Å². The third-order valence-corrected chi connectivity index (χ3v) is 2.07. The second-order valence-corrected chi connectivity index (χ2v) is 3.22. The van der Waals surface area contributed by atoms with Crippen molar-refractivity contribution in [2.24, 2.45) is 4.40 Å². The molecule has 0 atom stereocenters. The van der Waals surface area contributed by atoms with E-state index in [0.29, 0.717) is 0 Å². The maximum Gasteiger partial charge on any atom is 0.0791 e. The molecule has 54 valence electrons. The molecule has 1 aliphatic rings. The molecule has 0 bridgehead atoms. The van der Waals surface area contributed by atoms with Crippen molar-refractivity contribution in [1.82, 2.24) is 4.98 Å². The van der Waals surface area contributed by atoms with Crippen LogP contribution in [0.5, 0.6) is 0 Å². The number of hydrogen-bond acceptors (Lipinski definition) is 4. The van der Waals surface area contributed by atoms with Crippen molar-refractivity contribution in [1.29, 1.82) is 0 Å². The van der Waals surface area contributed by atoms with Gasteiger partial charge >= 0.3 is 0 Å². The van der Waals surface area contributed by atoms with E-state index in [1.165, 1.54) is 12.2 Å². The van der Waals surface area contributed by atoms with Crippen LogP contribution in [-0.4, -0.2) is 17.0 Å². The summed E-state index contributed by atoms with van der Waals surface area (Å²) in [6, 6.07) is 0.